The Balaban J connectivity index is 3.47. The van der Waals surface area contributed by atoms with Crippen molar-refractivity contribution in [3.05, 3.63) is 53.6 Å². The molecule has 0 aliphatic rings. The lowest BCUT2D eigenvalue weighted by Crippen LogP contribution is -2.11. The molecule has 1 aromatic carbocycles. The Morgan fingerprint density at radius 3 is 2.29 bits per heavy atom. The van der Waals surface area contributed by atoms with Gasteiger partial charge in [-0.3, -0.25) is 0 Å². The van der Waals surface area contributed by atoms with Crippen LogP contribution in [0.2, 0.25) is 0 Å². The van der Waals surface area contributed by atoms with E-state index in [4.69, 9.17) is 0 Å². The molecule has 1 aromatic rings. The van der Waals surface area contributed by atoms with Crippen LogP contribution in [0.5, 0.6) is 0 Å². The first kappa shape index (κ1) is 13.3. The molecule has 0 atom stereocenters. The quantitative estimate of drug-likeness (QED) is 0.745. The first-order valence-corrected chi connectivity index (χ1v) is 5.78. The Bertz CT molecular complexity index is 465. The molecular formula is C16H21N. The van der Waals surface area contributed by atoms with Crippen LogP contribution in [0.25, 0.3) is 17.8 Å². The van der Waals surface area contributed by atoms with Gasteiger partial charge in [-0.25, -0.2) is 0 Å². The van der Waals surface area contributed by atoms with E-state index in [0.29, 0.717) is 0 Å². The summed E-state index contributed by atoms with van der Waals surface area (Å²) in [5.41, 5.74) is 5.81. The smallest absolute Gasteiger partial charge is 0.0370 e. The summed E-state index contributed by atoms with van der Waals surface area (Å²) in [4.78, 5) is 2.04. The molecule has 0 amide bonds. The Morgan fingerprint density at radius 2 is 1.82 bits per heavy atom. The van der Waals surface area contributed by atoms with E-state index in [0.717, 1.165) is 11.3 Å². The molecule has 0 heterocycles. The largest absolute Gasteiger partial charge is 0.378 e. The van der Waals surface area contributed by atoms with Crippen molar-refractivity contribution in [2.45, 2.75) is 13.8 Å². The van der Waals surface area contributed by atoms with E-state index in [1.165, 1.54) is 16.7 Å². The van der Waals surface area contributed by atoms with Crippen molar-refractivity contribution in [2.75, 3.05) is 14.1 Å². The highest BCUT2D eigenvalue weighted by Crippen LogP contribution is 2.27. The van der Waals surface area contributed by atoms with E-state index in [2.05, 4.69) is 44.4 Å². The highest BCUT2D eigenvalue weighted by atomic mass is 15.1. The minimum atomic E-state index is 1.02. The van der Waals surface area contributed by atoms with Crippen LogP contribution >= 0.6 is 0 Å². The molecule has 1 nitrogen and oxygen atoms in total. The summed E-state index contributed by atoms with van der Waals surface area (Å²) in [6.45, 7) is 12.2. The average molecular weight is 227 g/mol. The molecular weight excluding hydrogens is 206 g/mol. The second-order valence-corrected chi connectivity index (χ2v) is 4.29. The molecule has 0 fully saturated rings. The molecule has 0 unspecified atom stereocenters. The molecule has 0 N–H and O–H groups in total. The normalized spacial score (nSPS) is 10.6. The van der Waals surface area contributed by atoms with Crippen LogP contribution in [0.15, 0.2) is 31.4 Å². The molecule has 0 saturated heterocycles. The van der Waals surface area contributed by atoms with E-state index in [9.17, 15) is 0 Å². The monoisotopic (exact) mass is 227 g/mol. The van der Waals surface area contributed by atoms with Gasteiger partial charge in [0.05, 0.1) is 0 Å². The number of benzene rings is 1. The average Bonchev–Trinajstić information content (AvgIpc) is 2.30. The number of allylic oxidation sites excluding steroid dienone is 1. The fourth-order valence-electron chi connectivity index (χ4n) is 1.89. The van der Waals surface area contributed by atoms with Gasteiger partial charge in [0.15, 0.2) is 0 Å². The zero-order chi connectivity index (χ0) is 13.0. The summed E-state index contributed by atoms with van der Waals surface area (Å²) >= 11 is 0. The molecule has 90 valence electrons. The molecule has 17 heavy (non-hydrogen) atoms. The minimum absolute atomic E-state index is 1.02. The predicted molar refractivity (Wildman–Crippen MR) is 78.7 cm³/mol. The number of nitrogens with zero attached hydrogens (tertiary/aromatic N) is 1. The van der Waals surface area contributed by atoms with Crippen molar-refractivity contribution in [2.24, 2.45) is 0 Å². The van der Waals surface area contributed by atoms with Crippen molar-refractivity contribution >= 4 is 17.8 Å². The zero-order valence-electron chi connectivity index (χ0n) is 11.2. The summed E-state index contributed by atoms with van der Waals surface area (Å²) in [6, 6.07) is 4.22. The van der Waals surface area contributed by atoms with Crippen molar-refractivity contribution in [3.63, 3.8) is 0 Å². The van der Waals surface area contributed by atoms with Crippen molar-refractivity contribution < 1.29 is 0 Å². The van der Waals surface area contributed by atoms with Gasteiger partial charge in [-0.05, 0) is 30.5 Å². The lowest BCUT2D eigenvalue weighted by Gasteiger charge is -2.21. The van der Waals surface area contributed by atoms with E-state index in [-0.39, 0.29) is 0 Å². The third-order valence-electron chi connectivity index (χ3n) is 2.93. The van der Waals surface area contributed by atoms with Gasteiger partial charge in [-0.1, -0.05) is 43.5 Å². The maximum absolute atomic E-state index is 4.15. The second kappa shape index (κ2) is 5.53. The first-order chi connectivity index (χ1) is 8.02. The Kier molecular flexibility index (Phi) is 4.33. The van der Waals surface area contributed by atoms with E-state index in [1.54, 1.807) is 0 Å². The number of hydrogen-bond acceptors (Lipinski definition) is 1. The number of hydrogen-bond donors (Lipinski definition) is 0. The van der Waals surface area contributed by atoms with Crippen molar-refractivity contribution in [1.29, 1.82) is 0 Å². The summed E-state index contributed by atoms with van der Waals surface area (Å²) in [6.07, 6.45) is 6.06. The summed E-state index contributed by atoms with van der Waals surface area (Å²) < 4.78 is 0. The molecule has 1 heteroatoms. The van der Waals surface area contributed by atoms with Crippen molar-refractivity contribution in [3.8, 4) is 0 Å². The molecule has 0 radical (unpaired) electrons. The van der Waals surface area contributed by atoms with Gasteiger partial charge in [-0.2, -0.15) is 0 Å². The van der Waals surface area contributed by atoms with E-state index in [1.807, 2.05) is 32.0 Å². The third-order valence-corrected chi connectivity index (χ3v) is 2.93. The van der Waals surface area contributed by atoms with Crippen LogP contribution in [0.3, 0.4) is 0 Å². The van der Waals surface area contributed by atoms with E-state index < -0.39 is 0 Å². The molecule has 0 aliphatic carbocycles. The molecule has 0 aromatic heterocycles. The van der Waals surface area contributed by atoms with E-state index >= 15 is 0 Å². The van der Waals surface area contributed by atoms with Crippen LogP contribution in [0.1, 0.15) is 29.2 Å². The molecule has 0 spiro atoms. The number of rotatable bonds is 4. The van der Waals surface area contributed by atoms with Crippen LogP contribution in [-0.2, 0) is 0 Å². The Morgan fingerprint density at radius 1 is 1.24 bits per heavy atom. The van der Waals surface area contributed by atoms with Crippen LogP contribution in [0.4, 0.5) is 0 Å². The van der Waals surface area contributed by atoms with Gasteiger partial charge in [0.25, 0.3) is 0 Å². The summed E-state index contributed by atoms with van der Waals surface area (Å²) in [7, 11) is 4.02. The van der Waals surface area contributed by atoms with Crippen LogP contribution in [-0.4, -0.2) is 19.0 Å². The maximum Gasteiger partial charge on any atom is 0.0370 e. The molecule has 0 bridgehead atoms. The maximum atomic E-state index is 4.15. The first-order valence-electron chi connectivity index (χ1n) is 5.78. The SMILES string of the molecule is C=Cc1ccc(/C=C\C)c(C)c1C(=C)N(C)C. The molecule has 0 saturated carbocycles. The topological polar surface area (TPSA) is 3.24 Å². The lowest BCUT2D eigenvalue weighted by molar-refractivity contribution is 0.593. The van der Waals surface area contributed by atoms with Gasteiger partial charge in [-0.15, -0.1) is 0 Å². The van der Waals surface area contributed by atoms with Gasteiger partial charge in [0.2, 0.25) is 0 Å². The van der Waals surface area contributed by atoms with Gasteiger partial charge >= 0.3 is 0 Å². The van der Waals surface area contributed by atoms with Gasteiger partial charge in [0, 0.05) is 25.4 Å². The Hall–Kier alpha value is -1.76. The highest BCUT2D eigenvalue weighted by Gasteiger charge is 2.11. The predicted octanol–water partition coefficient (Wildman–Crippen LogP) is 4.20. The fraction of sp³-hybridized carbons (Fsp3) is 0.250. The highest BCUT2D eigenvalue weighted by molar-refractivity contribution is 5.77. The van der Waals surface area contributed by atoms with Crippen molar-refractivity contribution in [1.82, 2.24) is 4.90 Å². The summed E-state index contributed by atoms with van der Waals surface area (Å²) in [5, 5.41) is 0. The molecule has 1 rings (SSSR count). The van der Waals surface area contributed by atoms with Gasteiger partial charge in [0.1, 0.15) is 0 Å². The third kappa shape index (κ3) is 2.68. The Labute approximate surface area is 105 Å². The standard InChI is InChI=1S/C16H21N/c1-7-9-15-11-10-14(8-2)16(12(15)3)13(4)17(5)6/h7-11H,2,4H2,1,3,5-6H3/b9-7-. The lowest BCUT2D eigenvalue weighted by atomic mass is 9.94. The van der Waals surface area contributed by atoms with Gasteiger partial charge < -0.3 is 4.90 Å². The molecule has 0 aliphatic heterocycles. The summed E-state index contributed by atoms with van der Waals surface area (Å²) in [5.74, 6) is 0. The minimum Gasteiger partial charge on any atom is -0.378 e. The van der Waals surface area contributed by atoms with Crippen LogP contribution in [0, 0.1) is 6.92 Å². The zero-order valence-corrected chi connectivity index (χ0v) is 11.2. The fourth-order valence-corrected chi connectivity index (χ4v) is 1.89. The second-order valence-electron chi connectivity index (χ2n) is 4.29. The van der Waals surface area contributed by atoms with Crippen LogP contribution < -0.4 is 0 Å².